The average Bonchev–Trinajstić information content (AvgIpc) is 2.81. The molecule has 0 saturated heterocycles. The van der Waals surface area contributed by atoms with Crippen LogP contribution in [-0.2, 0) is 17.8 Å². The molecule has 4 N–H and O–H groups in total. The minimum atomic E-state index is -0.327. The number of amides is 1. The molecule has 0 radical (unpaired) electrons. The second kappa shape index (κ2) is 6.05. The van der Waals surface area contributed by atoms with Crippen LogP contribution in [-0.4, -0.2) is 20.7 Å². The fourth-order valence-electron chi connectivity index (χ4n) is 1.83. The molecule has 0 atom stereocenters. The maximum atomic E-state index is 11.8. The standard InChI is InChI=1S/C13H17N5O2/c1-2-3-10-6-11(17-16-10)15-12(19)8-18-7-9(14)4-5-13(18)20/h4-7H,2-3,8,14H2,1H3,(H2,15,16,17,19). The van der Waals surface area contributed by atoms with Gasteiger partial charge in [-0.2, -0.15) is 5.10 Å². The van der Waals surface area contributed by atoms with Crippen molar-refractivity contribution in [3.8, 4) is 0 Å². The molecule has 0 aliphatic carbocycles. The Balaban J connectivity index is 2.01. The third-order valence-electron chi connectivity index (χ3n) is 2.74. The normalized spacial score (nSPS) is 10.4. The van der Waals surface area contributed by atoms with E-state index in [4.69, 9.17) is 5.73 Å². The van der Waals surface area contributed by atoms with E-state index in [1.807, 2.05) is 0 Å². The van der Waals surface area contributed by atoms with Gasteiger partial charge in [0, 0.05) is 29.7 Å². The Bertz CT molecular complexity index is 659. The van der Waals surface area contributed by atoms with E-state index in [1.165, 1.54) is 22.9 Å². The molecule has 0 bridgehead atoms. The van der Waals surface area contributed by atoms with Gasteiger partial charge in [-0.15, -0.1) is 0 Å². The van der Waals surface area contributed by atoms with Crippen molar-refractivity contribution in [2.24, 2.45) is 0 Å². The Morgan fingerprint density at radius 1 is 1.50 bits per heavy atom. The van der Waals surface area contributed by atoms with Gasteiger partial charge in [0.25, 0.3) is 5.56 Å². The van der Waals surface area contributed by atoms with Crippen LogP contribution in [0, 0.1) is 0 Å². The first kappa shape index (κ1) is 13.9. The summed E-state index contributed by atoms with van der Waals surface area (Å²) >= 11 is 0. The van der Waals surface area contributed by atoms with Gasteiger partial charge in [0.2, 0.25) is 5.91 Å². The molecule has 106 valence electrons. The zero-order valence-electron chi connectivity index (χ0n) is 11.2. The van der Waals surface area contributed by atoms with E-state index in [0.717, 1.165) is 18.5 Å². The van der Waals surface area contributed by atoms with Crippen LogP contribution in [0.2, 0.25) is 0 Å². The summed E-state index contributed by atoms with van der Waals surface area (Å²) in [5.74, 6) is 0.127. The van der Waals surface area contributed by atoms with Crippen molar-refractivity contribution in [3.05, 3.63) is 40.4 Å². The van der Waals surface area contributed by atoms with Crippen LogP contribution in [0.4, 0.5) is 11.5 Å². The summed E-state index contributed by atoms with van der Waals surface area (Å²) in [6.07, 6.45) is 3.31. The number of aryl methyl sites for hydroxylation is 1. The number of rotatable bonds is 5. The number of carbonyl (C=O) groups excluding carboxylic acids is 1. The third kappa shape index (κ3) is 3.47. The predicted octanol–water partition coefficient (Wildman–Crippen LogP) is 0.745. The van der Waals surface area contributed by atoms with Crippen molar-refractivity contribution in [3.63, 3.8) is 0 Å². The number of nitrogens with one attached hydrogen (secondary N) is 2. The zero-order chi connectivity index (χ0) is 14.5. The number of anilines is 2. The summed E-state index contributed by atoms with van der Waals surface area (Å²) < 4.78 is 1.25. The Kier molecular flexibility index (Phi) is 4.19. The predicted molar refractivity (Wildman–Crippen MR) is 76.3 cm³/mol. The van der Waals surface area contributed by atoms with E-state index >= 15 is 0 Å². The monoisotopic (exact) mass is 275 g/mol. The second-order valence-electron chi connectivity index (χ2n) is 4.51. The van der Waals surface area contributed by atoms with Gasteiger partial charge in [-0.25, -0.2) is 0 Å². The zero-order valence-corrected chi connectivity index (χ0v) is 11.2. The number of pyridine rings is 1. The number of aromatic nitrogens is 3. The maximum Gasteiger partial charge on any atom is 0.251 e. The van der Waals surface area contributed by atoms with E-state index in [1.54, 1.807) is 6.07 Å². The lowest BCUT2D eigenvalue weighted by Gasteiger charge is -2.05. The Hall–Kier alpha value is -2.57. The Labute approximate surface area is 115 Å². The second-order valence-corrected chi connectivity index (χ2v) is 4.51. The van der Waals surface area contributed by atoms with Gasteiger partial charge >= 0.3 is 0 Å². The average molecular weight is 275 g/mol. The first-order valence-electron chi connectivity index (χ1n) is 6.38. The molecule has 0 aromatic carbocycles. The van der Waals surface area contributed by atoms with E-state index in [2.05, 4.69) is 22.4 Å². The number of hydrogen-bond donors (Lipinski definition) is 3. The number of nitrogens with two attached hydrogens (primary N) is 1. The summed E-state index contributed by atoms with van der Waals surface area (Å²) in [6.45, 7) is 1.96. The molecule has 2 rings (SSSR count). The lowest BCUT2D eigenvalue weighted by molar-refractivity contribution is -0.116. The van der Waals surface area contributed by atoms with Crippen molar-refractivity contribution in [1.29, 1.82) is 0 Å². The lowest BCUT2D eigenvalue weighted by atomic mass is 10.2. The molecule has 0 fully saturated rings. The number of hydrogen-bond acceptors (Lipinski definition) is 4. The quantitative estimate of drug-likeness (QED) is 0.748. The highest BCUT2D eigenvalue weighted by Crippen LogP contribution is 2.07. The van der Waals surface area contributed by atoms with Crippen LogP contribution >= 0.6 is 0 Å². The van der Waals surface area contributed by atoms with Crippen LogP contribution in [0.1, 0.15) is 19.0 Å². The van der Waals surface area contributed by atoms with Crippen molar-refractivity contribution in [2.75, 3.05) is 11.1 Å². The molecule has 1 amide bonds. The minimum Gasteiger partial charge on any atom is -0.398 e. The fraction of sp³-hybridized carbons (Fsp3) is 0.308. The first-order chi connectivity index (χ1) is 9.58. The minimum absolute atomic E-state index is 0.0974. The molecule has 7 heteroatoms. The summed E-state index contributed by atoms with van der Waals surface area (Å²) in [7, 11) is 0. The molecule has 0 aliphatic rings. The van der Waals surface area contributed by atoms with E-state index in [9.17, 15) is 9.59 Å². The summed E-state index contributed by atoms with van der Waals surface area (Å²) in [5, 5.41) is 9.46. The largest absolute Gasteiger partial charge is 0.398 e. The molecule has 2 aromatic rings. The Morgan fingerprint density at radius 2 is 2.30 bits per heavy atom. The summed E-state index contributed by atoms with van der Waals surface area (Å²) in [5.41, 5.74) is 6.70. The lowest BCUT2D eigenvalue weighted by Crippen LogP contribution is -2.27. The van der Waals surface area contributed by atoms with E-state index in [0.29, 0.717) is 11.5 Å². The van der Waals surface area contributed by atoms with Crippen molar-refractivity contribution in [1.82, 2.24) is 14.8 Å². The van der Waals surface area contributed by atoms with Gasteiger partial charge in [-0.05, 0) is 12.5 Å². The highest BCUT2D eigenvalue weighted by atomic mass is 16.2. The van der Waals surface area contributed by atoms with Gasteiger partial charge < -0.3 is 15.6 Å². The molecular formula is C13H17N5O2. The van der Waals surface area contributed by atoms with Crippen molar-refractivity contribution < 1.29 is 4.79 Å². The van der Waals surface area contributed by atoms with Gasteiger partial charge in [0.1, 0.15) is 6.54 Å². The molecule has 7 nitrogen and oxygen atoms in total. The molecule has 2 heterocycles. The summed E-state index contributed by atoms with van der Waals surface area (Å²) in [6, 6.07) is 4.61. The van der Waals surface area contributed by atoms with Crippen molar-refractivity contribution >= 4 is 17.4 Å². The number of carbonyl (C=O) groups is 1. The number of aromatic amines is 1. The number of nitrogens with zero attached hydrogens (tertiary/aromatic N) is 2. The fourth-order valence-corrected chi connectivity index (χ4v) is 1.83. The van der Waals surface area contributed by atoms with Gasteiger partial charge in [0.05, 0.1) is 0 Å². The smallest absolute Gasteiger partial charge is 0.251 e. The summed E-state index contributed by atoms with van der Waals surface area (Å²) in [4.78, 5) is 23.4. The SMILES string of the molecule is CCCc1cc(NC(=O)Cn2cc(N)ccc2=O)n[nH]1. The van der Waals surface area contributed by atoms with Crippen LogP contribution < -0.4 is 16.6 Å². The molecule has 0 saturated carbocycles. The molecule has 0 spiro atoms. The molecule has 2 aromatic heterocycles. The Morgan fingerprint density at radius 3 is 3.05 bits per heavy atom. The highest BCUT2D eigenvalue weighted by molar-refractivity contribution is 5.89. The molecule has 0 unspecified atom stereocenters. The van der Waals surface area contributed by atoms with Gasteiger partial charge in [-0.3, -0.25) is 14.7 Å². The van der Waals surface area contributed by atoms with Crippen LogP contribution in [0.5, 0.6) is 0 Å². The van der Waals surface area contributed by atoms with E-state index in [-0.39, 0.29) is 18.0 Å². The van der Waals surface area contributed by atoms with Crippen LogP contribution in [0.25, 0.3) is 0 Å². The van der Waals surface area contributed by atoms with Crippen molar-refractivity contribution in [2.45, 2.75) is 26.3 Å². The molecule has 0 aliphatic heterocycles. The van der Waals surface area contributed by atoms with Crippen LogP contribution in [0.3, 0.4) is 0 Å². The number of H-pyrrole nitrogens is 1. The topological polar surface area (TPSA) is 106 Å². The van der Waals surface area contributed by atoms with Gasteiger partial charge in [-0.1, -0.05) is 13.3 Å². The van der Waals surface area contributed by atoms with Crippen LogP contribution in [0.15, 0.2) is 29.2 Å². The molecular weight excluding hydrogens is 258 g/mol. The van der Waals surface area contributed by atoms with Gasteiger partial charge in [0.15, 0.2) is 5.82 Å². The third-order valence-corrected chi connectivity index (χ3v) is 2.74. The number of nitrogen functional groups attached to an aromatic ring is 1. The molecule has 20 heavy (non-hydrogen) atoms. The first-order valence-corrected chi connectivity index (χ1v) is 6.38. The van der Waals surface area contributed by atoms with E-state index < -0.39 is 0 Å². The highest BCUT2D eigenvalue weighted by Gasteiger charge is 2.07. The maximum absolute atomic E-state index is 11.8.